The smallest absolute Gasteiger partial charge is 0.303 e. The Morgan fingerprint density at radius 1 is 1.19 bits per heavy atom. The monoisotopic (exact) mass is 439 g/mol. The number of aliphatic carboxylic acids is 1. The summed E-state index contributed by atoms with van der Waals surface area (Å²) in [7, 11) is 0. The summed E-state index contributed by atoms with van der Waals surface area (Å²) < 4.78 is 7.21. The van der Waals surface area contributed by atoms with E-state index in [0.717, 1.165) is 24.3 Å². The van der Waals surface area contributed by atoms with Gasteiger partial charge in [0.1, 0.15) is 18.2 Å². The second kappa shape index (κ2) is 9.22. The highest BCUT2D eigenvalue weighted by Gasteiger charge is 2.25. The Hall–Kier alpha value is -3.32. The van der Waals surface area contributed by atoms with Crippen molar-refractivity contribution >= 4 is 23.4 Å². The van der Waals surface area contributed by atoms with Crippen molar-refractivity contribution < 1.29 is 14.6 Å². The predicted molar refractivity (Wildman–Crippen MR) is 118 cm³/mol. The van der Waals surface area contributed by atoms with E-state index < -0.39 is 5.97 Å². The molecule has 3 heterocycles. The number of aromatic nitrogens is 2. The molecule has 1 fully saturated rings. The van der Waals surface area contributed by atoms with Crippen molar-refractivity contribution in [3.05, 3.63) is 81.9 Å². The third kappa shape index (κ3) is 5.24. The van der Waals surface area contributed by atoms with Crippen molar-refractivity contribution in [2.75, 3.05) is 18.0 Å². The molecule has 7 nitrogen and oxygen atoms in total. The highest BCUT2D eigenvalue weighted by Crippen LogP contribution is 2.24. The van der Waals surface area contributed by atoms with Crippen molar-refractivity contribution in [3.63, 3.8) is 0 Å². The van der Waals surface area contributed by atoms with Gasteiger partial charge in [0.05, 0.1) is 11.9 Å². The first-order valence-corrected chi connectivity index (χ1v) is 10.4. The molecule has 1 N–H and O–H groups in total. The lowest BCUT2D eigenvalue weighted by atomic mass is 10.1. The molecule has 0 spiro atoms. The number of carbonyl (C=O) groups is 1. The average Bonchev–Trinajstić information content (AvgIpc) is 3.21. The van der Waals surface area contributed by atoms with Crippen LogP contribution in [-0.2, 0) is 11.4 Å². The van der Waals surface area contributed by atoms with E-state index in [1.54, 1.807) is 30.6 Å². The molecule has 1 aromatic carbocycles. The number of hydrogen-bond donors (Lipinski definition) is 1. The van der Waals surface area contributed by atoms with Gasteiger partial charge in [0.15, 0.2) is 0 Å². The van der Waals surface area contributed by atoms with Gasteiger partial charge in [-0.05, 0) is 48.2 Å². The summed E-state index contributed by atoms with van der Waals surface area (Å²) in [6.45, 7) is 1.80. The molecule has 0 bridgehead atoms. The van der Waals surface area contributed by atoms with Gasteiger partial charge >= 0.3 is 5.97 Å². The van der Waals surface area contributed by atoms with Crippen LogP contribution in [0.4, 0.5) is 5.82 Å². The number of hydrogen-bond acceptors (Lipinski definition) is 5. The molecule has 31 heavy (non-hydrogen) atoms. The Kier molecular flexibility index (Phi) is 6.23. The summed E-state index contributed by atoms with van der Waals surface area (Å²) in [5.41, 5.74) is 1.39. The number of ether oxygens (including phenoxy) is 1. The maximum absolute atomic E-state index is 12.6. The van der Waals surface area contributed by atoms with Crippen LogP contribution in [-0.4, -0.2) is 33.7 Å². The van der Waals surface area contributed by atoms with Crippen molar-refractivity contribution in [2.24, 2.45) is 5.92 Å². The van der Waals surface area contributed by atoms with Gasteiger partial charge in [0.25, 0.3) is 5.56 Å². The molecule has 0 radical (unpaired) electrons. The first-order valence-electron chi connectivity index (χ1n) is 10.0. The molecular formula is C23H22ClN3O4. The summed E-state index contributed by atoms with van der Waals surface area (Å²) in [5, 5.41) is 9.62. The molecular weight excluding hydrogens is 418 g/mol. The van der Waals surface area contributed by atoms with E-state index in [2.05, 4.69) is 9.88 Å². The molecule has 3 aromatic rings. The molecule has 160 valence electrons. The summed E-state index contributed by atoms with van der Waals surface area (Å²) in [4.78, 5) is 30.0. The molecule has 8 heteroatoms. The normalized spacial score (nSPS) is 15.8. The van der Waals surface area contributed by atoms with Gasteiger partial charge in [-0.1, -0.05) is 23.7 Å². The number of benzene rings is 1. The summed E-state index contributed by atoms with van der Waals surface area (Å²) >= 11 is 5.88. The zero-order valence-corrected chi connectivity index (χ0v) is 17.5. The van der Waals surface area contributed by atoms with Crippen LogP contribution in [0.15, 0.2) is 65.7 Å². The second-order valence-corrected chi connectivity index (χ2v) is 8.00. The Morgan fingerprint density at radius 3 is 2.68 bits per heavy atom. The molecule has 1 atom stereocenters. The van der Waals surface area contributed by atoms with Crippen LogP contribution in [0.1, 0.15) is 18.4 Å². The fraction of sp³-hybridized carbons (Fsp3) is 0.261. The summed E-state index contributed by atoms with van der Waals surface area (Å²) in [5.74, 6) is 0.645. The van der Waals surface area contributed by atoms with Gasteiger partial charge in [0, 0.05) is 36.8 Å². The van der Waals surface area contributed by atoms with Gasteiger partial charge < -0.3 is 14.7 Å². The number of anilines is 1. The van der Waals surface area contributed by atoms with E-state index in [9.17, 15) is 9.59 Å². The number of nitrogens with zero attached hydrogens (tertiary/aromatic N) is 3. The summed E-state index contributed by atoms with van der Waals surface area (Å²) in [6, 6.07) is 14.2. The zero-order chi connectivity index (χ0) is 21.8. The molecule has 0 aliphatic carbocycles. The lowest BCUT2D eigenvalue weighted by Crippen LogP contribution is -2.22. The molecule has 1 aliphatic rings. The van der Waals surface area contributed by atoms with E-state index >= 15 is 0 Å². The van der Waals surface area contributed by atoms with E-state index in [4.69, 9.17) is 21.4 Å². The number of halogens is 1. The second-order valence-electron chi connectivity index (χ2n) is 7.56. The highest BCUT2D eigenvalue weighted by molar-refractivity contribution is 6.30. The van der Waals surface area contributed by atoms with Crippen LogP contribution < -0.4 is 15.2 Å². The number of rotatable bonds is 7. The van der Waals surface area contributed by atoms with E-state index in [1.165, 1.54) is 10.6 Å². The third-order valence-corrected chi connectivity index (χ3v) is 5.55. The quantitative estimate of drug-likeness (QED) is 0.603. The minimum absolute atomic E-state index is 0.141. The van der Waals surface area contributed by atoms with Gasteiger partial charge in [-0.2, -0.15) is 0 Å². The van der Waals surface area contributed by atoms with Gasteiger partial charge in [-0.15, -0.1) is 0 Å². The van der Waals surface area contributed by atoms with Crippen molar-refractivity contribution in [2.45, 2.75) is 19.4 Å². The highest BCUT2D eigenvalue weighted by atomic mass is 35.5. The molecule has 4 rings (SSSR count). The lowest BCUT2D eigenvalue weighted by molar-refractivity contribution is -0.137. The minimum atomic E-state index is -0.768. The Balaban J connectivity index is 1.41. The van der Waals surface area contributed by atoms with E-state index in [1.807, 2.05) is 24.3 Å². The first kappa shape index (κ1) is 20.9. The Labute approximate surface area is 184 Å². The van der Waals surface area contributed by atoms with Gasteiger partial charge in [0.2, 0.25) is 0 Å². The number of carboxylic acid groups (broad SMARTS) is 1. The maximum Gasteiger partial charge on any atom is 0.303 e. The van der Waals surface area contributed by atoms with Crippen molar-refractivity contribution in [1.29, 1.82) is 0 Å². The molecule has 0 saturated carbocycles. The average molecular weight is 440 g/mol. The van der Waals surface area contributed by atoms with Crippen molar-refractivity contribution in [1.82, 2.24) is 9.55 Å². The fourth-order valence-electron chi connectivity index (χ4n) is 3.67. The topological polar surface area (TPSA) is 84.7 Å². The Bertz CT molecular complexity index is 1110. The fourth-order valence-corrected chi connectivity index (χ4v) is 3.80. The molecule has 1 saturated heterocycles. The lowest BCUT2D eigenvalue weighted by Gasteiger charge is -2.17. The van der Waals surface area contributed by atoms with Crippen molar-refractivity contribution in [3.8, 4) is 11.4 Å². The Morgan fingerprint density at radius 2 is 2.00 bits per heavy atom. The van der Waals surface area contributed by atoms with Gasteiger partial charge in [-0.3, -0.25) is 14.2 Å². The van der Waals surface area contributed by atoms with Gasteiger partial charge in [-0.25, -0.2) is 4.98 Å². The predicted octanol–water partition coefficient (Wildman–Crippen LogP) is 3.77. The van der Waals surface area contributed by atoms with E-state index in [0.29, 0.717) is 29.6 Å². The molecule has 2 aromatic heterocycles. The first-order chi connectivity index (χ1) is 15.0. The standard InChI is InChI=1S/C23H22ClN3O4/c24-18-3-1-16(2-4-18)15-31-20-8-10-27(22(28)12-20)19-5-6-21(25-13-19)26-9-7-17(14-26)11-23(29)30/h1-6,8,10,12-13,17H,7,9,11,14-15H2,(H,29,30)/t17-/m0/s1. The minimum Gasteiger partial charge on any atom is -0.489 e. The van der Waals surface area contributed by atoms with Crippen LogP contribution in [0.3, 0.4) is 0 Å². The van der Waals surface area contributed by atoms with Crippen LogP contribution in [0.5, 0.6) is 5.75 Å². The molecule has 0 amide bonds. The van der Waals surface area contributed by atoms with Crippen LogP contribution >= 0.6 is 11.6 Å². The maximum atomic E-state index is 12.6. The SMILES string of the molecule is O=C(O)C[C@@H]1CCN(c2ccc(-n3ccc(OCc4ccc(Cl)cc4)cc3=O)cn2)C1. The zero-order valence-electron chi connectivity index (χ0n) is 16.8. The van der Waals surface area contributed by atoms with E-state index in [-0.39, 0.29) is 17.9 Å². The van der Waals surface area contributed by atoms with Crippen LogP contribution in [0, 0.1) is 5.92 Å². The summed E-state index contributed by atoms with van der Waals surface area (Å²) in [6.07, 6.45) is 4.33. The third-order valence-electron chi connectivity index (χ3n) is 5.29. The number of carboxylic acids is 1. The molecule has 1 aliphatic heterocycles. The van der Waals surface area contributed by atoms with Crippen LogP contribution in [0.2, 0.25) is 5.02 Å². The largest absolute Gasteiger partial charge is 0.489 e. The van der Waals surface area contributed by atoms with Crippen LogP contribution in [0.25, 0.3) is 5.69 Å². The number of pyridine rings is 2. The molecule has 0 unspecified atom stereocenters.